The van der Waals surface area contributed by atoms with Crippen LogP contribution in [-0.4, -0.2) is 90.1 Å². The lowest BCUT2D eigenvalue weighted by Crippen LogP contribution is -2.43. The number of aromatic nitrogens is 2. The highest BCUT2D eigenvalue weighted by Crippen LogP contribution is 2.19. The van der Waals surface area contributed by atoms with Crippen LogP contribution in [0, 0.1) is 0 Å². The van der Waals surface area contributed by atoms with E-state index in [-0.39, 0.29) is 6.54 Å². The van der Waals surface area contributed by atoms with Crippen LogP contribution in [0.5, 0.6) is 0 Å². The highest BCUT2D eigenvalue weighted by atomic mass is 16.3. The number of aliphatic imine (C=N–C) groups is 1. The summed E-state index contributed by atoms with van der Waals surface area (Å²) < 4.78 is 1.69. The average Bonchev–Trinajstić information content (AvgIpc) is 2.94. The molecule has 3 N–H and O–H groups in total. The molecular weight excluding hydrogens is 330 g/mol. The van der Waals surface area contributed by atoms with Gasteiger partial charge in [0.25, 0.3) is 0 Å². The molecular formula is C18H35N7O. The van der Waals surface area contributed by atoms with Gasteiger partial charge in [0.1, 0.15) is 5.60 Å². The van der Waals surface area contributed by atoms with E-state index >= 15 is 0 Å². The number of guanidine groups is 1. The quantitative estimate of drug-likeness (QED) is 0.459. The van der Waals surface area contributed by atoms with Crippen molar-refractivity contribution in [2.45, 2.75) is 25.9 Å². The van der Waals surface area contributed by atoms with Gasteiger partial charge in [0.05, 0.1) is 12.7 Å². The largest absolute Gasteiger partial charge is 0.383 e. The first-order chi connectivity index (χ1) is 12.4. The minimum absolute atomic E-state index is 0.280. The molecule has 8 heteroatoms. The van der Waals surface area contributed by atoms with Gasteiger partial charge in [-0.2, -0.15) is 5.10 Å². The van der Waals surface area contributed by atoms with Crippen molar-refractivity contribution in [2.75, 3.05) is 59.4 Å². The smallest absolute Gasteiger partial charge is 0.191 e. The normalized spacial score (nSPS) is 19.8. The number of hydrogen-bond acceptors (Lipinski definition) is 5. The second-order valence-electron chi connectivity index (χ2n) is 7.30. The predicted molar refractivity (Wildman–Crippen MR) is 105 cm³/mol. The fourth-order valence-electron chi connectivity index (χ4n) is 3.02. The zero-order valence-electron chi connectivity index (χ0n) is 16.7. The zero-order chi connectivity index (χ0) is 19.0. The molecule has 1 atom stereocenters. The molecule has 1 aromatic rings. The summed E-state index contributed by atoms with van der Waals surface area (Å²) in [7, 11) is 4.03. The Morgan fingerprint density at radius 1 is 1.27 bits per heavy atom. The third kappa shape index (κ3) is 6.59. The highest BCUT2D eigenvalue weighted by Gasteiger charge is 2.24. The van der Waals surface area contributed by atoms with E-state index in [1.54, 1.807) is 17.8 Å². The van der Waals surface area contributed by atoms with E-state index in [1.807, 2.05) is 20.2 Å². The maximum absolute atomic E-state index is 10.7. The van der Waals surface area contributed by atoms with Crippen molar-refractivity contribution in [3.8, 4) is 0 Å². The van der Waals surface area contributed by atoms with Crippen molar-refractivity contribution in [1.82, 2.24) is 30.2 Å². The van der Waals surface area contributed by atoms with Crippen molar-refractivity contribution in [2.24, 2.45) is 12.0 Å². The maximum Gasteiger partial charge on any atom is 0.191 e. The molecule has 0 amide bonds. The molecule has 2 rings (SSSR count). The van der Waals surface area contributed by atoms with Crippen molar-refractivity contribution in [3.63, 3.8) is 0 Å². The zero-order valence-corrected chi connectivity index (χ0v) is 16.7. The molecule has 1 aliphatic heterocycles. The molecule has 1 saturated heterocycles. The number of aliphatic hydroxyl groups is 1. The van der Waals surface area contributed by atoms with Gasteiger partial charge < -0.3 is 25.5 Å². The van der Waals surface area contributed by atoms with Crippen LogP contribution in [-0.2, 0) is 12.6 Å². The van der Waals surface area contributed by atoms with Gasteiger partial charge in [-0.25, -0.2) is 4.99 Å². The number of hydrogen-bond donors (Lipinski definition) is 3. The molecule has 1 aliphatic rings. The number of likely N-dealkylation sites (N-methyl/N-ethyl adjacent to an activating group) is 1. The van der Waals surface area contributed by atoms with Crippen molar-refractivity contribution in [1.29, 1.82) is 0 Å². The Kier molecular flexibility index (Phi) is 7.86. The Labute approximate surface area is 157 Å². The van der Waals surface area contributed by atoms with E-state index in [4.69, 9.17) is 0 Å². The second kappa shape index (κ2) is 9.89. The summed E-state index contributed by atoms with van der Waals surface area (Å²) in [5.41, 5.74) is -0.264. The SMILES string of the molecule is CCNC(=NCC(C)(O)c1cnn(C)c1)NCCN1CCCN(C)CC1. The summed E-state index contributed by atoms with van der Waals surface area (Å²) in [6.45, 7) is 11.3. The van der Waals surface area contributed by atoms with Crippen LogP contribution in [0.15, 0.2) is 17.4 Å². The molecule has 2 heterocycles. The van der Waals surface area contributed by atoms with Gasteiger partial charge in [0.15, 0.2) is 5.96 Å². The van der Waals surface area contributed by atoms with Crippen LogP contribution in [0.2, 0.25) is 0 Å². The van der Waals surface area contributed by atoms with Gasteiger partial charge in [-0.3, -0.25) is 4.68 Å². The van der Waals surface area contributed by atoms with Crippen LogP contribution >= 0.6 is 0 Å². The molecule has 0 spiro atoms. The van der Waals surface area contributed by atoms with Crippen molar-refractivity contribution in [3.05, 3.63) is 18.0 Å². The van der Waals surface area contributed by atoms with Gasteiger partial charge in [-0.15, -0.1) is 0 Å². The van der Waals surface area contributed by atoms with Gasteiger partial charge >= 0.3 is 0 Å². The van der Waals surface area contributed by atoms with E-state index in [9.17, 15) is 5.11 Å². The molecule has 8 nitrogen and oxygen atoms in total. The summed E-state index contributed by atoms with van der Waals surface area (Å²) >= 11 is 0. The Hall–Kier alpha value is -1.64. The van der Waals surface area contributed by atoms with Crippen LogP contribution in [0.4, 0.5) is 0 Å². The molecule has 148 valence electrons. The van der Waals surface area contributed by atoms with Gasteiger partial charge in [-0.1, -0.05) is 0 Å². The molecule has 0 aromatic carbocycles. The van der Waals surface area contributed by atoms with E-state index in [1.165, 1.54) is 13.0 Å². The van der Waals surface area contributed by atoms with Gasteiger partial charge in [-0.05, 0) is 40.4 Å². The van der Waals surface area contributed by atoms with Crippen LogP contribution in [0.25, 0.3) is 0 Å². The number of aryl methyl sites for hydroxylation is 1. The summed E-state index contributed by atoms with van der Waals surface area (Å²) in [6, 6.07) is 0. The standard InChI is InChI=1S/C18H35N7O/c1-5-19-17(20-7-10-25-9-6-8-23(3)11-12-25)21-15-18(2,26)16-13-22-24(4)14-16/h13-14,26H,5-12,15H2,1-4H3,(H2,19,20,21). The fraction of sp³-hybridized carbons (Fsp3) is 0.778. The monoisotopic (exact) mass is 365 g/mol. The average molecular weight is 366 g/mol. The molecule has 1 unspecified atom stereocenters. The molecule has 26 heavy (non-hydrogen) atoms. The van der Waals surface area contributed by atoms with Gasteiger partial charge in [0, 0.05) is 51.5 Å². The first-order valence-corrected chi connectivity index (χ1v) is 9.55. The molecule has 1 fully saturated rings. The molecule has 1 aromatic heterocycles. The summed E-state index contributed by atoms with van der Waals surface area (Å²) in [6.07, 6.45) is 4.73. The highest BCUT2D eigenvalue weighted by molar-refractivity contribution is 5.79. The van der Waals surface area contributed by atoms with Crippen LogP contribution < -0.4 is 10.6 Å². The first kappa shape index (κ1) is 20.7. The Morgan fingerprint density at radius 3 is 2.77 bits per heavy atom. The molecule has 0 saturated carbocycles. The van der Waals surface area contributed by atoms with Gasteiger partial charge in [0.2, 0.25) is 0 Å². The number of nitrogens with one attached hydrogen (secondary N) is 2. The van der Waals surface area contributed by atoms with E-state index in [0.29, 0.717) is 0 Å². The summed E-state index contributed by atoms with van der Waals surface area (Å²) in [4.78, 5) is 9.44. The third-order valence-corrected chi connectivity index (χ3v) is 4.75. The Balaban J connectivity index is 1.84. The minimum Gasteiger partial charge on any atom is -0.383 e. The lowest BCUT2D eigenvalue weighted by molar-refractivity contribution is 0.0672. The molecule has 0 radical (unpaired) electrons. The van der Waals surface area contributed by atoms with E-state index in [0.717, 1.165) is 50.8 Å². The molecule has 0 aliphatic carbocycles. The van der Waals surface area contributed by atoms with Crippen LogP contribution in [0.1, 0.15) is 25.8 Å². The third-order valence-electron chi connectivity index (χ3n) is 4.75. The predicted octanol–water partition coefficient (Wildman–Crippen LogP) is -0.180. The summed E-state index contributed by atoms with van der Waals surface area (Å²) in [5, 5.41) is 21.4. The topological polar surface area (TPSA) is 80.9 Å². The number of rotatable bonds is 7. The number of nitrogens with zero attached hydrogens (tertiary/aromatic N) is 5. The fourth-order valence-corrected chi connectivity index (χ4v) is 3.02. The molecule has 0 bridgehead atoms. The van der Waals surface area contributed by atoms with Crippen molar-refractivity contribution >= 4 is 5.96 Å². The second-order valence-corrected chi connectivity index (χ2v) is 7.30. The van der Waals surface area contributed by atoms with E-state index in [2.05, 4.69) is 37.6 Å². The first-order valence-electron chi connectivity index (χ1n) is 9.55. The lowest BCUT2D eigenvalue weighted by Gasteiger charge is -2.22. The lowest BCUT2D eigenvalue weighted by atomic mass is 10.0. The summed E-state index contributed by atoms with van der Waals surface area (Å²) in [5.74, 6) is 0.739. The Morgan fingerprint density at radius 2 is 2.08 bits per heavy atom. The maximum atomic E-state index is 10.7. The van der Waals surface area contributed by atoms with Crippen LogP contribution in [0.3, 0.4) is 0 Å². The van der Waals surface area contributed by atoms with E-state index < -0.39 is 5.60 Å². The minimum atomic E-state index is -1.04. The Bertz CT molecular complexity index is 570. The van der Waals surface area contributed by atoms with Crippen molar-refractivity contribution < 1.29 is 5.11 Å².